The lowest BCUT2D eigenvalue weighted by molar-refractivity contribution is -0.117. The van der Waals surface area contributed by atoms with Crippen molar-refractivity contribution in [2.24, 2.45) is 0 Å². The highest BCUT2D eigenvalue weighted by molar-refractivity contribution is 5.91. The number of Topliss-reactive ketones (excluding diaryl/α,β-unsaturated/α-hetero) is 1. The van der Waals surface area contributed by atoms with E-state index in [9.17, 15) is 4.79 Å². The first-order valence-corrected chi connectivity index (χ1v) is 13.1. The van der Waals surface area contributed by atoms with Gasteiger partial charge in [-0.15, -0.1) is 0 Å². The van der Waals surface area contributed by atoms with Gasteiger partial charge in [0, 0.05) is 25.1 Å². The van der Waals surface area contributed by atoms with Crippen molar-refractivity contribution in [2.45, 2.75) is 59.5 Å². The Labute approximate surface area is 220 Å². The number of likely N-dealkylation sites (tertiary alicyclic amines) is 1. The lowest BCUT2D eigenvalue weighted by Gasteiger charge is -2.30. The van der Waals surface area contributed by atoms with Crippen LogP contribution in [0.4, 0.5) is 11.6 Å². The quantitative estimate of drug-likeness (QED) is 0.400. The molecule has 0 unspecified atom stereocenters. The zero-order valence-electron chi connectivity index (χ0n) is 21.1. The molecular weight excluding hydrogens is 462 g/mol. The van der Waals surface area contributed by atoms with Gasteiger partial charge in [-0.05, 0) is 54.6 Å². The highest BCUT2D eigenvalue weighted by Gasteiger charge is 2.27. The van der Waals surface area contributed by atoms with Gasteiger partial charge in [0.1, 0.15) is 11.6 Å². The predicted octanol–water partition coefficient (Wildman–Crippen LogP) is 5.27. The summed E-state index contributed by atoms with van der Waals surface area (Å²) >= 11 is 0. The van der Waals surface area contributed by atoms with E-state index < -0.39 is 0 Å². The average molecular weight is 502 g/mol. The second-order valence-electron chi connectivity index (χ2n) is 9.84. The first kappa shape index (κ1) is 26.6. The third kappa shape index (κ3) is 6.46. The average Bonchev–Trinajstić information content (AvgIpc) is 3.39. The molecule has 1 fully saturated rings. The van der Waals surface area contributed by atoms with Crippen molar-refractivity contribution < 1.29 is 9.53 Å². The molecule has 1 saturated heterocycles. The van der Waals surface area contributed by atoms with Gasteiger partial charge in [-0.25, -0.2) is 0 Å². The Kier molecular flexibility index (Phi) is 8.77. The Balaban J connectivity index is 0.00000320. The van der Waals surface area contributed by atoms with Crippen LogP contribution in [0.25, 0.3) is 11.1 Å². The van der Waals surface area contributed by atoms with Gasteiger partial charge in [0.15, 0.2) is 5.78 Å². The molecule has 0 bridgehead atoms. The van der Waals surface area contributed by atoms with Gasteiger partial charge in [-0.3, -0.25) is 9.69 Å². The summed E-state index contributed by atoms with van der Waals surface area (Å²) in [5.41, 5.74) is 11.7. The molecule has 2 aliphatic heterocycles. The molecule has 0 radical (unpaired) electrons. The minimum Gasteiger partial charge on any atom is -0.463 e. The van der Waals surface area contributed by atoms with E-state index in [1.54, 1.807) is 0 Å². The van der Waals surface area contributed by atoms with E-state index in [0.717, 1.165) is 24.9 Å². The first-order valence-electron chi connectivity index (χ1n) is 13.1. The number of anilines is 2. The summed E-state index contributed by atoms with van der Waals surface area (Å²) in [6.45, 7) is 6.98. The molecule has 7 heteroatoms. The molecule has 0 spiro atoms. The molecule has 0 amide bonds. The van der Waals surface area contributed by atoms with Crippen molar-refractivity contribution in [3.8, 4) is 17.1 Å². The Bertz CT molecular complexity index is 1190. The van der Waals surface area contributed by atoms with Gasteiger partial charge in [-0.2, -0.15) is 9.97 Å². The Morgan fingerprint density at radius 3 is 2.16 bits per heavy atom. The molecule has 2 aliphatic rings. The summed E-state index contributed by atoms with van der Waals surface area (Å²) in [5, 5.41) is 0. The zero-order chi connectivity index (χ0) is 24.9. The number of hydrogen-bond donors (Lipinski definition) is 1. The number of hydrogen-bond acceptors (Lipinski definition) is 7. The smallest absolute Gasteiger partial charge is 0.320 e. The van der Waals surface area contributed by atoms with Crippen LogP contribution in [0.15, 0.2) is 48.5 Å². The molecule has 5 rings (SSSR count). The minimum atomic E-state index is 0. The van der Waals surface area contributed by atoms with E-state index >= 15 is 0 Å². The van der Waals surface area contributed by atoms with Crippen LogP contribution in [0.2, 0.25) is 0 Å². The summed E-state index contributed by atoms with van der Waals surface area (Å²) in [7, 11) is 0. The number of fused-ring (bicyclic) bond motifs is 1. The summed E-state index contributed by atoms with van der Waals surface area (Å²) in [6, 6.07) is 17.7. The zero-order valence-corrected chi connectivity index (χ0v) is 21.1. The fraction of sp³-hybridized carbons (Fsp3) is 0.433. The molecule has 0 aliphatic carbocycles. The monoisotopic (exact) mass is 501 g/mol. The molecule has 2 N–H and O–H groups in total. The number of carbonyl (C=O) groups is 1. The third-order valence-corrected chi connectivity index (χ3v) is 6.99. The molecule has 3 heterocycles. The maximum atomic E-state index is 12.5. The molecule has 196 valence electrons. The van der Waals surface area contributed by atoms with E-state index in [-0.39, 0.29) is 25.6 Å². The van der Waals surface area contributed by atoms with Crippen LogP contribution in [-0.2, 0) is 24.3 Å². The summed E-state index contributed by atoms with van der Waals surface area (Å²) in [6.07, 6.45) is 4.85. The van der Waals surface area contributed by atoms with Gasteiger partial charge in [0.25, 0.3) is 0 Å². The SMILES string of the molecule is C.CCCCOc1nc(N)c2c(n1)N(Cc1ccc(-c3ccc(CN4CCCC4)cc3)cc1)CC(=O)C2. The number of carbonyl (C=O) groups excluding carboxylic acids is 1. The summed E-state index contributed by atoms with van der Waals surface area (Å²) in [5.74, 6) is 1.14. The van der Waals surface area contributed by atoms with Gasteiger partial charge in [0.2, 0.25) is 0 Å². The van der Waals surface area contributed by atoms with Crippen molar-refractivity contribution in [2.75, 3.05) is 36.9 Å². The van der Waals surface area contributed by atoms with Crippen molar-refractivity contribution in [1.82, 2.24) is 14.9 Å². The number of rotatable bonds is 9. The van der Waals surface area contributed by atoms with Crippen LogP contribution in [0.3, 0.4) is 0 Å². The summed E-state index contributed by atoms with van der Waals surface area (Å²) in [4.78, 5) is 25.9. The van der Waals surface area contributed by atoms with Crippen molar-refractivity contribution >= 4 is 17.4 Å². The fourth-order valence-electron chi connectivity index (χ4n) is 4.97. The molecule has 0 atom stereocenters. The van der Waals surface area contributed by atoms with E-state index in [1.165, 1.54) is 42.6 Å². The van der Waals surface area contributed by atoms with Crippen molar-refractivity contribution in [3.63, 3.8) is 0 Å². The van der Waals surface area contributed by atoms with Crippen LogP contribution < -0.4 is 15.4 Å². The van der Waals surface area contributed by atoms with Crippen LogP contribution in [-0.4, -0.2) is 46.9 Å². The van der Waals surface area contributed by atoms with E-state index in [2.05, 4.69) is 70.3 Å². The number of nitrogen functional groups attached to an aromatic ring is 1. The van der Waals surface area contributed by atoms with E-state index in [4.69, 9.17) is 10.5 Å². The Morgan fingerprint density at radius 2 is 1.54 bits per heavy atom. The molecular formula is C30H39N5O2. The Hall–Kier alpha value is -3.45. The van der Waals surface area contributed by atoms with E-state index in [1.807, 2.05) is 4.90 Å². The van der Waals surface area contributed by atoms with Crippen molar-refractivity contribution in [3.05, 3.63) is 65.2 Å². The van der Waals surface area contributed by atoms with Gasteiger partial charge >= 0.3 is 6.01 Å². The topological polar surface area (TPSA) is 84.6 Å². The minimum absolute atomic E-state index is 0. The molecule has 37 heavy (non-hydrogen) atoms. The molecule has 2 aromatic carbocycles. The van der Waals surface area contributed by atoms with Gasteiger partial charge < -0.3 is 15.4 Å². The molecule has 0 saturated carbocycles. The maximum Gasteiger partial charge on any atom is 0.320 e. The maximum absolute atomic E-state index is 12.5. The molecule has 3 aromatic rings. The lowest BCUT2D eigenvalue weighted by Crippen LogP contribution is -2.36. The van der Waals surface area contributed by atoms with E-state index in [0.29, 0.717) is 36.9 Å². The van der Waals surface area contributed by atoms with Crippen LogP contribution in [0, 0.1) is 0 Å². The van der Waals surface area contributed by atoms with Crippen LogP contribution in [0.5, 0.6) is 6.01 Å². The van der Waals surface area contributed by atoms with Crippen LogP contribution >= 0.6 is 0 Å². The largest absolute Gasteiger partial charge is 0.463 e. The highest BCUT2D eigenvalue weighted by Crippen LogP contribution is 2.31. The Morgan fingerprint density at radius 1 is 0.919 bits per heavy atom. The predicted molar refractivity (Wildman–Crippen MR) is 150 cm³/mol. The number of nitrogens with zero attached hydrogens (tertiary/aromatic N) is 4. The molecule has 1 aromatic heterocycles. The van der Waals surface area contributed by atoms with Crippen molar-refractivity contribution in [1.29, 1.82) is 0 Å². The fourth-order valence-corrected chi connectivity index (χ4v) is 4.97. The molecule has 7 nitrogen and oxygen atoms in total. The number of aromatic nitrogens is 2. The third-order valence-electron chi connectivity index (χ3n) is 6.99. The van der Waals surface area contributed by atoms with Gasteiger partial charge in [0.05, 0.1) is 13.2 Å². The number of unbranched alkanes of at least 4 members (excludes halogenated alkanes) is 1. The highest BCUT2D eigenvalue weighted by atomic mass is 16.5. The number of ketones is 1. The summed E-state index contributed by atoms with van der Waals surface area (Å²) < 4.78 is 5.71. The standard InChI is InChI=1S/C29H35N5O2.CH4/c1-2-3-16-36-29-31-27(30)26-17-25(35)20-34(28(26)32-29)19-22-8-12-24(13-9-22)23-10-6-21(7-11-23)18-33-14-4-5-15-33;/h6-13H,2-5,14-20H2,1H3,(H2,30,31,32);1H4. The second kappa shape index (κ2) is 12.2. The normalized spacial score (nSPS) is 15.4. The number of nitrogens with two attached hydrogens (primary N) is 1. The second-order valence-corrected chi connectivity index (χ2v) is 9.84. The number of benzene rings is 2. The lowest BCUT2D eigenvalue weighted by atomic mass is 10.0. The number of ether oxygens (including phenoxy) is 1. The van der Waals surface area contributed by atoms with Crippen LogP contribution in [0.1, 0.15) is 56.7 Å². The first-order chi connectivity index (χ1) is 17.6. The van der Waals surface area contributed by atoms with Gasteiger partial charge in [-0.1, -0.05) is 69.3 Å².